The molecule has 50 heavy (non-hydrogen) atoms. The highest BCUT2D eigenvalue weighted by Gasteiger charge is 2.43. The Balaban J connectivity index is 1.23. The van der Waals surface area contributed by atoms with E-state index in [0.717, 1.165) is 47.9 Å². The molecule has 0 radical (unpaired) electrons. The molecule has 2 atom stereocenters. The van der Waals surface area contributed by atoms with Crippen LogP contribution < -0.4 is 14.8 Å². The molecule has 2 fully saturated rings. The summed E-state index contributed by atoms with van der Waals surface area (Å²) in [4.78, 5) is 35.7. The highest BCUT2D eigenvalue weighted by molar-refractivity contribution is 6.37. The first-order valence-electron chi connectivity index (χ1n) is 17.1. The molecule has 3 aromatic rings. The second-order valence-electron chi connectivity index (χ2n) is 13.3. The van der Waals surface area contributed by atoms with E-state index in [1.807, 2.05) is 41.0 Å². The van der Waals surface area contributed by atoms with Crippen molar-refractivity contribution >= 4 is 52.2 Å². The van der Waals surface area contributed by atoms with Crippen LogP contribution in [0.2, 0.25) is 15.1 Å². The van der Waals surface area contributed by atoms with Crippen LogP contribution in [0.15, 0.2) is 54.2 Å². The van der Waals surface area contributed by atoms with Gasteiger partial charge in [-0.1, -0.05) is 46.9 Å². The first-order chi connectivity index (χ1) is 24.1. The third-order valence-corrected chi connectivity index (χ3v) is 10.3. The summed E-state index contributed by atoms with van der Waals surface area (Å²) in [5.74, 6) is 0.832. The van der Waals surface area contributed by atoms with Crippen LogP contribution in [-0.2, 0) is 27.3 Å². The zero-order chi connectivity index (χ0) is 35.4. The lowest BCUT2D eigenvalue weighted by atomic mass is 9.83. The number of benzene rings is 2. The number of piperazine rings is 1. The van der Waals surface area contributed by atoms with Crippen molar-refractivity contribution in [2.75, 3.05) is 40.0 Å². The first-order valence-corrected chi connectivity index (χ1v) is 18.2. The number of hydrogen-bond donors (Lipinski definition) is 1. The summed E-state index contributed by atoms with van der Waals surface area (Å²) in [6.45, 7) is 6.07. The number of carbonyl (C=O) groups excluding carboxylic acids is 2. The monoisotopic (exact) mass is 740 g/mol. The predicted molar refractivity (Wildman–Crippen MR) is 196 cm³/mol. The van der Waals surface area contributed by atoms with E-state index < -0.39 is 0 Å². The van der Waals surface area contributed by atoms with E-state index in [4.69, 9.17) is 49.0 Å². The van der Waals surface area contributed by atoms with Gasteiger partial charge in [-0.05, 0) is 91.1 Å². The van der Waals surface area contributed by atoms with E-state index >= 15 is 0 Å². The molecule has 2 aromatic carbocycles. The topological polar surface area (TPSA) is 93.2 Å². The molecule has 12 heteroatoms. The van der Waals surface area contributed by atoms with Crippen molar-refractivity contribution in [1.29, 1.82) is 0 Å². The number of nitrogens with one attached hydrogen (secondary N) is 1. The van der Waals surface area contributed by atoms with Gasteiger partial charge in [0, 0.05) is 75.2 Å². The maximum Gasteiger partial charge on any atom is 0.252 e. The fraction of sp³-hybridized carbons (Fsp3) is 0.447. The Hall–Kier alpha value is -3.34. The number of nitrogens with zero attached hydrogens (tertiary/aromatic N) is 3. The van der Waals surface area contributed by atoms with Crippen molar-refractivity contribution < 1.29 is 23.8 Å². The van der Waals surface area contributed by atoms with Crippen LogP contribution in [0.1, 0.15) is 54.9 Å². The number of amides is 2. The number of aromatic nitrogens is 1. The summed E-state index contributed by atoms with van der Waals surface area (Å²) in [5.41, 5.74) is 5.53. The average Bonchev–Trinajstić information content (AvgIpc) is 3.93. The minimum atomic E-state index is -0.306. The number of aryl methyl sites for hydroxylation is 2. The summed E-state index contributed by atoms with van der Waals surface area (Å²) in [6.07, 6.45) is 6.01. The third-order valence-electron chi connectivity index (χ3n) is 9.40. The molecule has 6 rings (SSSR count). The highest BCUT2D eigenvalue weighted by atomic mass is 35.5. The molecule has 0 spiro atoms. The Morgan fingerprint density at radius 3 is 2.42 bits per heavy atom. The number of halogens is 3. The van der Waals surface area contributed by atoms with Gasteiger partial charge in [0.1, 0.15) is 13.2 Å². The molecule has 2 amide bonds. The standard InChI is InChI=1S/C38H43Cl3N4O5/c1-23-15-32(40)37(33(41)16-23)50-14-13-49-35-11-7-26(19-42-35)30-18-28-21-44(24(2)46)22-34(43-28)36(30)38(47)45(29-8-9-29)20-27-17-25(5-4-12-48-3)6-10-31(27)39/h6-7,10-11,15-17,19,28-29,34,43H,4-5,8-9,12-14,18,20-22H2,1-3H3/t28-,34-/m1/s1. The van der Waals surface area contributed by atoms with Gasteiger partial charge < -0.3 is 29.3 Å². The molecule has 1 aliphatic carbocycles. The number of fused-ring (bicyclic) bond motifs is 2. The second-order valence-corrected chi connectivity index (χ2v) is 14.5. The zero-order valence-corrected chi connectivity index (χ0v) is 30.9. The number of pyridine rings is 1. The maximum absolute atomic E-state index is 14.8. The van der Waals surface area contributed by atoms with Gasteiger partial charge in [0.15, 0.2) is 5.75 Å². The molecule has 3 heterocycles. The fourth-order valence-corrected chi connectivity index (χ4v) is 7.68. The van der Waals surface area contributed by atoms with Gasteiger partial charge in [0.25, 0.3) is 5.91 Å². The van der Waals surface area contributed by atoms with Crippen molar-refractivity contribution in [2.24, 2.45) is 0 Å². The third kappa shape index (κ3) is 8.75. The molecule has 1 aromatic heterocycles. The van der Waals surface area contributed by atoms with Crippen molar-refractivity contribution in [2.45, 2.75) is 70.6 Å². The molecule has 1 saturated heterocycles. The van der Waals surface area contributed by atoms with Gasteiger partial charge in [-0.25, -0.2) is 4.98 Å². The molecule has 9 nitrogen and oxygen atoms in total. The van der Waals surface area contributed by atoms with Gasteiger partial charge in [-0.3, -0.25) is 9.59 Å². The van der Waals surface area contributed by atoms with E-state index in [0.29, 0.717) is 64.9 Å². The zero-order valence-electron chi connectivity index (χ0n) is 28.6. The quantitative estimate of drug-likeness (QED) is 0.179. The molecule has 2 aliphatic heterocycles. The van der Waals surface area contributed by atoms with Crippen molar-refractivity contribution in [1.82, 2.24) is 20.1 Å². The lowest BCUT2D eigenvalue weighted by molar-refractivity contribution is -0.132. The number of hydrogen-bond acceptors (Lipinski definition) is 7. The van der Waals surface area contributed by atoms with Gasteiger partial charge in [0.2, 0.25) is 11.8 Å². The molecular formula is C38H43Cl3N4O5. The first kappa shape index (κ1) is 36.5. The molecule has 3 aliphatic rings. The molecular weight excluding hydrogens is 699 g/mol. The summed E-state index contributed by atoms with van der Waals surface area (Å²) in [7, 11) is 1.70. The molecule has 0 unspecified atom stereocenters. The lowest BCUT2D eigenvalue weighted by Gasteiger charge is -2.44. The van der Waals surface area contributed by atoms with Crippen molar-refractivity contribution in [3.8, 4) is 11.6 Å². The van der Waals surface area contributed by atoms with Crippen LogP contribution >= 0.6 is 34.8 Å². The predicted octanol–water partition coefficient (Wildman–Crippen LogP) is 6.92. The van der Waals surface area contributed by atoms with E-state index in [9.17, 15) is 9.59 Å². The van der Waals surface area contributed by atoms with Crippen LogP contribution in [-0.4, -0.2) is 84.7 Å². The fourth-order valence-electron chi connectivity index (χ4n) is 6.80. The minimum Gasteiger partial charge on any atom is -0.487 e. The molecule has 266 valence electrons. The Morgan fingerprint density at radius 2 is 1.74 bits per heavy atom. The van der Waals surface area contributed by atoms with Crippen LogP contribution in [0.3, 0.4) is 0 Å². The van der Waals surface area contributed by atoms with Crippen LogP contribution in [0.5, 0.6) is 11.6 Å². The number of rotatable bonds is 14. The number of ether oxygens (including phenoxy) is 3. The largest absolute Gasteiger partial charge is 0.487 e. The summed E-state index contributed by atoms with van der Waals surface area (Å²) in [6, 6.07) is 13.3. The Kier molecular flexibility index (Phi) is 11.9. The summed E-state index contributed by atoms with van der Waals surface area (Å²) < 4.78 is 16.9. The Labute approximate surface area is 308 Å². The molecule has 2 bridgehead atoms. The van der Waals surface area contributed by atoms with E-state index in [-0.39, 0.29) is 43.2 Å². The average molecular weight is 742 g/mol. The highest BCUT2D eigenvalue weighted by Crippen LogP contribution is 2.38. The van der Waals surface area contributed by atoms with Gasteiger partial charge >= 0.3 is 0 Å². The smallest absolute Gasteiger partial charge is 0.252 e. The van der Waals surface area contributed by atoms with Crippen LogP contribution in [0.25, 0.3) is 5.57 Å². The maximum atomic E-state index is 14.8. The summed E-state index contributed by atoms with van der Waals surface area (Å²) >= 11 is 19.3. The van der Waals surface area contributed by atoms with Crippen molar-refractivity contribution in [3.05, 3.63) is 91.6 Å². The number of methoxy groups -OCH3 is 1. The van der Waals surface area contributed by atoms with E-state index in [1.54, 1.807) is 32.4 Å². The van der Waals surface area contributed by atoms with E-state index in [2.05, 4.69) is 16.4 Å². The second kappa shape index (κ2) is 16.3. The number of carbonyl (C=O) groups is 2. The van der Waals surface area contributed by atoms with Gasteiger partial charge in [0.05, 0.1) is 16.1 Å². The Morgan fingerprint density at radius 1 is 0.980 bits per heavy atom. The molecule has 1 N–H and O–H groups in total. The Bertz CT molecular complexity index is 1720. The SMILES string of the molecule is COCCCc1ccc(Cl)c(CN(C(=O)C2=C(c3ccc(OCCOc4c(Cl)cc(C)cc4Cl)nc3)C[C@@H]3CN(C(C)=O)C[C@H]2N3)C2CC2)c1. The van der Waals surface area contributed by atoms with Gasteiger partial charge in [-0.15, -0.1) is 0 Å². The minimum absolute atomic E-state index is 0.00642. The van der Waals surface area contributed by atoms with Crippen molar-refractivity contribution in [3.63, 3.8) is 0 Å². The molecule has 1 saturated carbocycles. The van der Waals surface area contributed by atoms with Gasteiger partial charge in [-0.2, -0.15) is 0 Å². The summed E-state index contributed by atoms with van der Waals surface area (Å²) in [5, 5.41) is 5.19. The van der Waals surface area contributed by atoms with E-state index in [1.165, 1.54) is 5.56 Å². The normalized spacial score (nSPS) is 18.6. The lowest BCUT2D eigenvalue weighted by Crippen LogP contribution is -2.61. The van der Waals surface area contributed by atoms with Crippen LogP contribution in [0.4, 0.5) is 0 Å². The van der Waals surface area contributed by atoms with Crippen LogP contribution in [0, 0.1) is 6.92 Å².